The molecular formula is C33H35N3OS. The quantitative estimate of drug-likeness (QED) is 0.165. The molecule has 4 nitrogen and oxygen atoms in total. The van der Waals surface area contributed by atoms with Crippen LogP contribution in [0.1, 0.15) is 62.3 Å². The van der Waals surface area contributed by atoms with Gasteiger partial charge in [-0.05, 0) is 77.4 Å². The first kappa shape index (κ1) is 26.1. The molecule has 0 radical (unpaired) electrons. The van der Waals surface area contributed by atoms with E-state index in [0.717, 1.165) is 57.7 Å². The van der Waals surface area contributed by atoms with Gasteiger partial charge in [-0.25, -0.2) is 0 Å². The first-order chi connectivity index (χ1) is 18.5. The summed E-state index contributed by atoms with van der Waals surface area (Å²) in [5, 5.41) is 5.94. The van der Waals surface area contributed by atoms with Crippen LogP contribution in [0.25, 0.3) is 22.0 Å². The minimum Gasteiger partial charge on any atom is -0.493 e. The van der Waals surface area contributed by atoms with Gasteiger partial charge in [-0.15, -0.1) is 0 Å². The van der Waals surface area contributed by atoms with Gasteiger partial charge in [-0.2, -0.15) is 5.10 Å². The molecule has 38 heavy (non-hydrogen) atoms. The van der Waals surface area contributed by atoms with Gasteiger partial charge in [0, 0.05) is 35.6 Å². The largest absolute Gasteiger partial charge is 0.493 e. The summed E-state index contributed by atoms with van der Waals surface area (Å²) >= 11 is 5.60. The summed E-state index contributed by atoms with van der Waals surface area (Å²) in [4.78, 5) is 5.45. The number of hydrazone groups is 1. The molecule has 0 amide bonds. The van der Waals surface area contributed by atoms with Crippen LogP contribution >= 0.6 is 12.2 Å². The average molecular weight is 522 g/mol. The Morgan fingerprint density at radius 2 is 1.89 bits per heavy atom. The van der Waals surface area contributed by atoms with E-state index in [0.29, 0.717) is 6.61 Å². The van der Waals surface area contributed by atoms with Crippen LogP contribution in [0.15, 0.2) is 78.0 Å². The molecule has 1 N–H and O–H groups in total. The molecule has 194 valence electrons. The van der Waals surface area contributed by atoms with E-state index >= 15 is 0 Å². The normalized spacial score (nSPS) is 16.0. The Hall–Kier alpha value is -3.57. The fourth-order valence-electron chi connectivity index (χ4n) is 5.12. The number of nitrogens with zero attached hydrogens (tertiary/aromatic N) is 2. The van der Waals surface area contributed by atoms with E-state index in [4.69, 9.17) is 22.1 Å². The van der Waals surface area contributed by atoms with Gasteiger partial charge < -0.3 is 4.74 Å². The number of aromatic nitrogens is 1. The fraction of sp³-hybridized carbons (Fsp3) is 0.303. The van der Waals surface area contributed by atoms with E-state index in [1.54, 1.807) is 0 Å². The molecule has 5 heteroatoms. The average Bonchev–Trinajstić information content (AvgIpc) is 2.95. The summed E-state index contributed by atoms with van der Waals surface area (Å²) in [6.45, 7) is 9.14. The summed E-state index contributed by atoms with van der Waals surface area (Å²) in [6.07, 6.45) is 4.63. The molecule has 4 aromatic rings. The van der Waals surface area contributed by atoms with Gasteiger partial charge in [0.25, 0.3) is 0 Å². The third-order valence-electron chi connectivity index (χ3n) is 7.61. The van der Waals surface area contributed by atoms with Crippen molar-refractivity contribution < 1.29 is 4.74 Å². The molecule has 0 fully saturated rings. The number of thiocarbonyl (C=S) groups is 1. The second-order valence-electron chi connectivity index (χ2n) is 10.1. The smallest absolute Gasteiger partial charge is 0.122 e. The van der Waals surface area contributed by atoms with Crippen LogP contribution in [0.3, 0.4) is 0 Å². The summed E-state index contributed by atoms with van der Waals surface area (Å²) in [5.74, 6) is 1.16. The van der Waals surface area contributed by atoms with Crippen molar-refractivity contribution >= 4 is 33.8 Å². The number of aryl methyl sites for hydroxylation is 1. The minimum absolute atomic E-state index is 0.0674. The van der Waals surface area contributed by atoms with Crippen LogP contribution < -0.4 is 10.2 Å². The highest BCUT2D eigenvalue weighted by atomic mass is 32.1. The molecule has 3 aromatic carbocycles. The van der Waals surface area contributed by atoms with Crippen molar-refractivity contribution in [2.45, 2.75) is 52.9 Å². The fourth-order valence-corrected chi connectivity index (χ4v) is 5.34. The molecule has 1 aliphatic heterocycles. The van der Waals surface area contributed by atoms with Gasteiger partial charge in [0.2, 0.25) is 0 Å². The zero-order valence-corrected chi connectivity index (χ0v) is 23.4. The number of rotatable bonds is 5. The van der Waals surface area contributed by atoms with E-state index in [1.807, 2.05) is 6.20 Å². The summed E-state index contributed by atoms with van der Waals surface area (Å²) < 4.78 is 6.41. The van der Waals surface area contributed by atoms with Crippen LogP contribution in [0, 0.1) is 5.92 Å². The Labute approximate surface area is 231 Å². The van der Waals surface area contributed by atoms with Crippen molar-refractivity contribution in [3.05, 3.63) is 95.2 Å². The van der Waals surface area contributed by atoms with Gasteiger partial charge in [-0.1, -0.05) is 75.5 Å². The van der Waals surface area contributed by atoms with Gasteiger partial charge in [-0.3, -0.25) is 10.4 Å². The summed E-state index contributed by atoms with van der Waals surface area (Å²) in [6, 6.07) is 24.1. The minimum atomic E-state index is -0.0674. The van der Waals surface area contributed by atoms with E-state index < -0.39 is 0 Å². The van der Waals surface area contributed by atoms with Crippen molar-refractivity contribution in [2.24, 2.45) is 11.0 Å². The molecule has 0 spiro atoms. The molecular weight excluding hydrogens is 486 g/mol. The second kappa shape index (κ2) is 11.4. The summed E-state index contributed by atoms with van der Waals surface area (Å²) in [5.41, 5.74) is 12.3. The standard InChI is InChI=1S/C33H35N3OS/c1-5-21(3)33(38)36-35-22(4)32-26-12-13-30-29(19-26)28(14-16-34-30)25-9-7-8-23(18-25)15-17-37-31-20-27(32)11-10-24(31)6-2/h7-14,16,18-21,32H,5-6,15,17H2,1-4H3,(H,36,38)/b35-22+. The Morgan fingerprint density at radius 3 is 2.71 bits per heavy atom. The zero-order chi connectivity index (χ0) is 26.6. The van der Waals surface area contributed by atoms with Gasteiger partial charge >= 0.3 is 0 Å². The number of nitrogens with one attached hydrogen (secondary N) is 1. The maximum Gasteiger partial charge on any atom is 0.122 e. The maximum atomic E-state index is 6.41. The second-order valence-corrected chi connectivity index (χ2v) is 10.6. The Balaban J connectivity index is 1.71. The number of pyridine rings is 1. The predicted octanol–water partition coefficient (Wildman–Crippen LogP) is 7.87. The maximum absolute atomic E-state index is 6.41. The Kier molecular flexibility index (Phi) is 7.85. The third kappa shape index (κ3) is 5.34. The topological polar surface area (TPSA) is 46.5 Å². The molecule has 0 saturated carbocycles. The number of ether oxygens (including phenoxy) is 1. The summed E-state index contributed by atoms with van der Waals surface area (Å²) in [7, 11) is 0. The van der Waals surface area contributed by atoms with E-state index in [1.165, 1.54) is 22.3 Å². The third-order valence-corrected chi connectivity index (χ3v) is 8.10. The predicted molar refractivity (Wildman–Crippen MR) is 162 cm³/mol. The molecule has 2 atom stereocenters. The van der Waals surface area contributed by atoms with E-state index in [9.17, 15) is 0 Å². The molecule has 2 heterocycles. The lowest BCUT2D eigenvalue weighted by molar-refractivity contribution is 0.318. The number of fused-ring (bicyclic) bond motifs is 6. The highest BCUT2D eigenvalue weighted by molar-refractivity contribution is 7.80. The molecule has 0 aliphatic carbocycles. The number of benzene rings is 3. The molecule has 2 unspecified atom stereocenters. The van der Waals surface area contributed by atoms with Crippen LogP contribution in [-0.2, 0) is 12.8 Å². The van der Waals surface area contributed by atoms with Crippen LogP contribution in [0.2, 0.25) is 0 Å². The van der Waals surface area contributed by atoms with Crippen molar-refractivity contribution in [2.75, 3.05) is 6.61 Å². The van der Waals surface area contributed by atoms with E-state index in [2.05, 4.69) is 105 Å². The van der Waals surface area contributed by atoms with Crippen molar-refractivity contribution in [1.29, 1.82) is 0 Å². The highest BCUT2D eigenvalue weighted by Gasteiger charge is 2.22. The van der Waals surface area contributed by atoms with Crippen LogP contribution in [0.5, 0.6) is 5.75 Å². The number of hydrogen-bond acceptors (Lipinski definition) is 4. The number of hydrogen-bond donors (Lipinski definition) is 1. The lowest BCUT2D eigenvalue weighted by Gasteiger charge is -2.22. The molecule has 5 rings (SSSR count). The van der Waals surface area contributed by atoms with Crippen molar-refractivity contribution in [3.63, 3.8) is 0 Å². The lowest BCUT2D eigenvalue weighted by Crippen LogP contribution is -2.25. The lowest BCUT2D eigenvalue weighted by atomic mass is 9.85. The van der Waals surface area contributed by atoms with Gasteiger partial charge in [0.15, 0.2) is 0 Å². The van der Waals surface area contributed by atoms with Crippen LogP contribution in [0.4, 0.5) is 0 Å². The Bertz CT molecular complexity index is 1510. The molecule has 1 aromatic heterocycles. The van der Waals surface area contributed by atoms with Crippen LogP contribution in [-0.4, -0.2) is 22.3 Å². The molecule has 0 saturated heterocycles. The van der Waals surface area contributed by atoms with Crippen molar-refractivity contribution in [1.82, 2.24) is 10.4 Å². The first-order valence-electron chi connectivity index (χ1n) is 13.6. The van der Waals surface area contributed by atoms with Gasteiger partial charge in [0.05, 0.1) is 17.1 Å². The zero-order valence-electron chi connectivity index (χ0n) is 22.6. The molecule has 6 bridgehead atoms. The SMILES string of the molecule is CCc1ccc2cc1OCCc1cccc(c1)-c1ccnc3ccc(cc13)C2/C(C)=N/NC(=S)C(C)CC. The van der Waals surface area contributed by atoms with E-state index in [-0.39, 0.29) is 11.8 Å². The monoisotopic (exact) mass is 521 g/mol. The highest BCUT2D eigenvalue weighted by Crippen LogP contribution is 2.35. The Morgan fingerprint density at radius 1 is 1.08 bits per heavy atom. The molecule has 1 aliphatic rings. The first-order valence-corrected chi connectivity index (χ1v) is 14.0. The van der Waals surface area contributed by atoms with Gasteiger partial charge in [0.1, 0.15) is 5.75 Å². The van der Waals surface area contributed by atoms with Crippen molar-refractivity contribution in [3.8, 4) is 16.9 Å².